The average molecular weight is 454 g/mol. The van der Waals surface area contributed by atoms with Crippen molar-refractivity contribution in [1.82, 2.24) is 14.4 Å². The number of carbonyl (C=O) groups excluding carboxylic acids is 2. The van der Waals surface area contributed by atoms with Crippen molar-refractivity contribution in [3.8, 4) is 0 Å². The number of ether oxygens (including phenoxy) is 1. The van der Waals surface area contributed by atoms with Crippen LogP contribution in [0, 0.1) is 0 Å². The number of halogens is 2. The van der Waals surface area contributed by atoms with Crippen LogP contribution in [0.1, 0.15) is 35.8 Å². The first-order valence-corrected chi connectivity index (χ1v) is 10.7. The zero-order valence-electron chi connectivity index (χ0n) is 17.7. The van der Waals surface area contributed by atoms with Crippen molar-refractivity contribution in [2.75, 3.05) is 33.4 Å². The number of methoxy groups -OCH3 is 1. The van der Waals surface area contributed by atoms with Gasteiger partial charge in [0, 0.05) is 54.7 Å². The van der Waals surface area contributed by atoms with Crippen LogP contribution in [0.2, 0.25) is 10.0 Å². The lowest BCUT2D eigenvalue weighted by Gasteiger charge is -2.28. The van der Waals surface area contributed by atoms with Crippen molar-refractivity contribution in [1.29, 1.82) is 0 Å². The Bertz CT molecular complexity index is 834. The molecule has 1 aromatic heterocycles. The van der Waals surface area contributed by atoms with E-state index in [1.54, 1.807) is 35.1 Å². The second-order valence-electron chi connectivity index (χ2n) is 7.16. The first-order valence-electron chi connectivity index (χ1n) is 9.98. The molecule has 1 heterocycles. The first kappa shape index (κ1) is 24.3. The summed E-state index contributed by atoms with van der Waals surface area (Å²) in [6, 6.07) is 8.64. The van der Waals surface area contributed by atoms with Crippen molar-refractivity contribution in [3.63, 3.8) is 0 Å². The molecule has 0 spiro atoms. The van der Waals surface area contributed by atoms with Crippen LogP contribution in [0.5, 0.6) is 0 Å². The van der Waals surface area contributed by atoms with Gasteiger partial charge < -0.3 is 19.1 Å². The van der Waals surface area contributed by atoms with Crippen LogP contribution in [0.15, 0.2) is 36.5 Å². The minimum Gasteiger partial charge on any atom is -0.383 e. The Balaban J connectivity index is 2.19. The highest BCUT2D eigenvalue weighted by Gasteiger charge is 2.23. The molecule has 164 valence electrons. The molecule has 0 aliphatic carbocycles. The lowest BCUT2D eigenvalue weighted by molar-refractivity contribution is -0.133. The van der Waals surface area contributed by atoms with E-state index in [1.807, 2.05) is 36.9 Å². The number of amides is 2. The molecule has 30 heavy (non-hydrogen) atoms. The van der Waals surface area contributed by atoms with Gasteiger partial charge in [-0.2, -0.15) is 0 Å². The zero-order valence-corrected chi connectivity index (χ0v) is 19.2. The molecule has 0 N–H and O–H groups in total. The Morgan fingerprint density at radius 1 is 1.10 bits per heavy atom. The van der Waals surface area contributed by atoms with Gasteiger partial charge in [0.05, 0.1) is 13.2 Å². The number of aromatic nitrogens is 1. The van der Waals surface area contributed by atoms with Crippen LogP contribution in [0.4, 0.5) is 0 Å². The summed E-state index contributed by atoms with van der Waals surface area (Å²) in [6.07, 6.45) is 3.64. The lowest BCUT2D eigenvalue weighted by Crippen LogP contribution is -2.44. The molecule has 0 bridgehead atoms. The fourth-order valence-corrected chi connectivity index (χ4v) is 3.60. The maximum absolute atomic E-state index is 13.1. The van der Waals surface area contributed by atoms with E-state index in [4.69, 9.17) is 27.9 Å². The molecule has 8 heteroatoms. The molecule has 0 aliphatic rings. The first-order chi connectivity index (χ1) is 14.3. The summed E-state index contributed by atoms with van der Waals surface area (Å²) in [5, 5.41) is 0.774. The number of nitrogens with zero attached hydrogens (tertiary/aromatic N) is 3. The number of hydrogen-bond acceptors (Lipinski definition) is 3. The van der Waals surface area contributed by atoms with E-state index >= 15 is 0 Å². The van der Waals surface area contributed by atoms with Crippen LogP contribution in [-0.4, -0.2) is 59.5 Å². The zero-order chi connectivity index (χ0) is 22.1. The summed E-state index contributed by atoms with van der Waals surface area (Å²) in [6.45, 7) is 3.82. The van der Waals surface area contributed by atoms with Gasteiger partial charge in [-0.25, -0.2) is 0 Å². The molecule has 0 unspecified atom stereocenters. The SMILES string of the molecule is CCCCN(CC(=O)N(CCOC)Cc1cccn1C)C(=O)c1cc(Cl)cc(Cl)c1. The van der Waals surface area contributed by atoms with E-state index in [0.29, 0.717) is 41.8 Å². The summed E-state index contributed by atoms with van der Waals surface area (Å²) >= 11 is 12.1. The van der Waals surface area contributed by atoms with Crippen LogP contribution in [0.3, 0.4) is 0 Å². The average Bonchev–Trinajstić information content (AvgIpc) is 3.11. The standard InChI is InChI=1S/C22H29Cl2N3O3/c1-4-5-9-27(22(29)17-12-18(23)14-19(24)13-17)16-21(28)26(10-11-30-3)15-20-7-6-8-25(20)2/h6-8,12-14H,4-5,9-11,15-16H2,1-3H3. The summed E-state index contributed by atoms with van der Waals surface area (Å²) in [5.74, 6) is -0.391. The molecule has 0 saturated heterocycles. The van der Waals surface area contributed by atoms with Crippen LogP contribution in [0.25, 0.3) is 0 Å². The van der Waals surface area contributed by atoms with Gasteiger partial charge in [-0.3, -0.25) is 9.59 Å². The summed E-state index contributed by atoms with van der Waals surface area (Å²) < 4.78 is 7.15. The molecule has 0 radical (unpaired) electrons. The Labute approximate surface area is 188 Å². The highest BCUT2D eigenvalue weighted by Crippen LogP contribution is 2.20. The van der Waals surface area contributed by atoms with Gasteiger partial charge >= 0.3 is 0 Å². The largest absolute Gasteiger partial charge is 0.383 e. The predicted molar refractivity (Wildman–Crippen MR) is 120 cm³/mol. The summed E-state index contributed by atoms with van der Waals surface area (Å²) in [4.78, 5) is 29.5. The number of aryl methyl sites for hydroxylation is 1. The molecule has 0 atom stereocenters. The van der Waals surface area contributed by atoms with Crippen molar-refractivity contribution in [2.24, 2.45) is 7.05 Å². The smallest absolute Gasteiger partial charge is 0.254 e. The number of hydrogen-bond donors (Lipinski definition) is 0. The molecule has 2 amide bonds. The van der Waals surface area contributed by atoms with Crippen molar-refractivity contribution < 1.29 is 14.3 Å². The van der Waals surface area contributed by atoms with Crippen LogP contribution < -0.4 is 0 Å². The summed E-state index contributed by atoms with van der Waals surface area (Å²) in [5.41, 5.74) is 1.38. The monoisotopic (exact) mass is 453 g/mol. The second kappa shape index (κ2) is 12.0. The van der Waals surface area contributed by atoms with Gasteiger partial charge in [0.1, 0.15) is 6.54 Å². The van der Waals surface area contributed by atoms with E-state index in [9.17, 15) is 9.59 Å². The summed E-state index contributed by atoms with van der Waals surface area (Å²) in [7, 11) is 3.54. The third-order valence-electron chi connectivity index (χ3n) is 4.83. The van der Waals surface area contributed by atoms with E-state index in [2.05, 4.69) is 0 Å². The molecule has 0 fully saturated rings. The van der Waals surface area contributed by atoms with Crippen molar-refractivity contribution in [2.45, 2.75) is 26.3 Å². The van der Waals surface area contributed by atoms with Crippen LogP contribution in [-0.2, 0) is 23.1 Å². The van der Waals surface area contributed by atoms with Gasteiger partial charge in [0.2, 0.25) is 5.91 Å². The Morgan fingerprint density at radius 3 is 2.37 bits per heavy atom. The molecule has 1 aromatic carbocycles. The van der Waals surface area contributed by atoms with E-state index < -0.39 is 0 Å². The predicted octanol–water partition coefficient (Wildman–Crippen LogP) is 4.25. The van der Waals surface area contributed by atoms with Gasteiger partial charge in [-0.1, -0.05) is 36.5 Å². The van der Waals surface area contributed by atoms with Crippen molar-refractivity contribution in [3.05, 3.63) is 57.8 Å². The quantitative estimate of drug-likeness (QED) is 0.510. The minimum absolute atomic E-state index is 0.0168. The molecule has 6 nitrogen and oxygen atoms in total. The maximum Gasteiger partial charge on any atom is 0.254 e. The fraction of sp³-hybridized carbons (Fsp3) is 0.455. The highest BCUT2D eigenvalue weighted by molar-refractivity contribution is 6.35. The molecule has 2 aromatic rings. The highest BCUT2D eigenvalue weighted by atomic mass is 35.5. The lowest BCUT2D eigenvalue weighted by atomic mass is 10.2. The third-order valence-corrected chi connectivity index (χ3v) is 5.26. The number of unbranched alkanes of at least 4 members (excludes halogenated alkanes) is 1. The van der Waals surface area contributed by atoms with E-state index in [1.165, 1.54) is 0 Å². The molecule has 2 rings (SSSR count). The topological polar surface area (TPSA) is 54.8 Å². The molecule has 0 aliphatic heterocycles. The second-order valence-corrected chi connectivity index (χ2v) is 8.03. The fourth-order valence-electron chi connectivity index (χ4n) is 3.07. The molecular weight excluding hydrogens is 425 g/mol. The third kappa shape index (κ3) is 7.04. The van der Waals surface area contributed by atoms with E-state index in [0.717, 1.165) is 18.5 Å². The minimum atomic E-state index is -0.258. The Kier molecular flexibility index (Phi) is 9.69. The number of rotatable bonds is 11. The maximum atomic E-state index is 13.1. The van der Waals surface area contributed by atoms with Crippen molar-refractivity contribution >= 4 is 35.0 Å². The van der Waals surface area contributed by atoms with Gasteiger partial charge in [-0.15, -0.1) is 0 Å². The Morgan fingerprint density at radius 2 is 1.80 bits per heavy atom. The Hall–Kier alpha value is -2.02. The number of carbonyl (C=O) groups is 2. The molecule has 0 saturated carbocycles. The number of benzene rings is 1. The van der Waals surface area contributed by atoms with Crippen LogP contribution >= 0.6 is 23.2 Å². The van der Waals surface area contributed by atoms with E-state index in [-0.39, 0.29) is 18.4 Å². The molecular formula is C22H29Cl2N3O3. The van der Waals surface area contributed by atoms with Gasteiger partial charge in [0.15, 0.2) is 0 Å². The van der Waals surface area contributed by atoms with Gasteiger partial charge in [0.25, 0.3) is 5.91 Å². The van der Waals surface area contributed by atoms with Gasteiger partial charge in [-0.05, 0) is 36.8 Å². The normalized spacial score (nSPS) is 10.8.